The molecule has 2 aliphatic rings. The lowest BCUT2D eigenvalue weighted by atomic mass is 10.0. The Morgan fingerprint density at radius 1 is 1.35 bits per heavy atom. The van der Waals surface area contributed by atoms with Crippen molar-refractivity contribution in [3.8, 4) is 17.0 Å². The van der Waals surface area contributed by atoms with Crippen LogP contribution in [0.5, 0.6) is 5.75 Å². The van der Waals surface area contributed by atoms with Gasteiger partial charge < -0.3 is 19.8 Å². The Kier molecular flexibility index (Phi) is 2.91. The molecule has 0 radical (unpaired) electrons. The van der Waals surface area contributed by atoms with Crippen LogP contribution < -0.4 is 5.56 Å². The molecule has 0 amide bonds. The molecule has 6 heteroatoms. The number of aromatic nitrogens is 2. The van der Waals surface area contributed by atoms with E-state index in [-0.39, 0.29) is 5.75 Å². The van der Waals surface area contributed by atoms with Gasteiger partial charge in [-0.15, -0.1) is 0 Å². The molecule has 0 atom stereocenters. The number of hydrogen-bond donors (Lipinski definition) is 3. The lowest BCUT2D eigenvalue weighted by molar-refractivity contribution is 0.0691. The second kappa shape index (κ2) is 4.75. The highest BCUT2D eigenvalue weighted by Crippen LogP contribution is 2.43. The van der Waals surface area contributed by atoms with Gasteiger partial charge in [0.1, 0.15) is 5.75 Å². The number of pyridine rings is 1. The van der Waals surface area contributed by atoms with Crippen molar-refractivity contribution in [3.05, 3.63) is 38.9 Å². The van der Waals surface area contributed by atoms with Crippen LogP contribution in [0.15, 0.2) is 10.9 Å². The van der Waals surface area contributed by atoms with Crippen molar-refractivity contribution >= 4 is 5.97 Å². The van der Waals surface area contributed by atoms with E-state index in [2.05, 4.69) is 16.5 Å². The molecule has 2 aromatic heterocycles. The third kappa shape index (κ3) is 2.01. The Morgan fingerprint density at radius 2 is 2.09 bits per heavy atom. The molecule has 0 bridgehead atoms. The van der Waals surface area contributed by atoms with E-state index in [9.17, 15) is 14.7 Å². The maximum atomic E-state index is 12.1. The number of H-pyrrole nitrogens is 1. The minimum Gasteiger partial charge on any atom is -0.506 e. The average Bonchev–Trinajstić information content (AvgIpc) is 3.26. The minimum absolute atomic E-state index is 0.388. The van der Waals surface area contributed by atoms with Crippen molar-refractivity contribution in [1.82, 2.24) is 9.55 Å². The number of carboxylic acids is 1. The molecule has 4 rings (SSSR count). The Balaban J connectivity index is 2.00. The maximum absolute atomic E-state index is 12.1. The molecule has 120 valence electrons. The molecule has 0 saturated heterocycles. The van der Waals surface area contributed by atoms with E-state index >= 15 is 0 Å². The summed E-state index contributed by atoms with van der Waals surface area (Å²) in [6.45, 7) is 2.05. The molecule has 2 heterocycles. The number of aromatic hydroxyl groups is 1. The predicted molar refractivity (Wildman–Crippen MR) is 84.1 cm³/mol. The molecule has 0 spiro atoms. The van der Waals surface area contributed by atoms with E-state index < -0.39 is 17.1 Å². The van der Waals surface area contributed by atoms with Crippen LogP contribution in [0.25, 0.3) is 11.3 Å². The summed E-state index contributed by atoms with van der Waals surface area (Å²) >= 11 is 0. The second-order valence-electron chi connectivity index (χ2n) is 6.44. The van der Waals surface area contributed by atoms with Crippen LogP contribution >= 0.6 is 0 Å². The molecule has 2 aliphatic carbocycles. The summed E-state index contributed by atoms with van der Waals surface area (Å²) in [5.41, 5.74) is 3.05. The molecule has 0 aliphatic heterocycles. The number of hydrogen-bond acceptors (Lipinski definition) is 3. The van der Waals surface area contributed by atoms with Gasteiger partial charge in [-0.25, -0.2) is 4.79 Å². The van der Waals surface area contributed by atoms with E-state index in [1.54, 1.807) is 0 Å². The summed E-state index contributed by atoms with van der Waals surface area (Å²) in [4.78, 5) is 26.0. The van der Waals surface area contributed by atoms with Gasteiger partial charge in [0.05, 0.1) is 5.69 Å². The monoisotopic (exact) mass is 314 g/mol. The molecular formula is C17H18N2O4. The summed E-state index contributed by atoms with van der Waals surface area (Å²) < 4.78 is 2.34. The van der Waals surface area contributed by atoms with Crippen LogP contribution in [-0.4, -0.2) is 25.7 Å². The molecule has 2 aromatic rings. The lowest BCUT2D eigenvalue weighted by Gasteiger charge is -2.11. The fraction of sp³-hybridized carbons (Fsp3) is 0.412. The Hall–Kier alpha value is -2.50. The molecule has 0 unspecified atom stereocenters. The van der Waals surface area contributed by atoms with Crippen molar-refractivity contribution in [1.29, 1.82) is 0 Å². The highest BCUT2D eigenvalue weighted by Gasteiger charge is 2.32. The van der Waals surface area contributed by atoms with E-state index in [1.807, 2.05) is 6.07 Å². The number of aromatic amines is 1. The van der Waals surface area contributed by atoms with E-state index in [0.29, 0.717) is 23.7 Å². The van der Waals surface area contributed by atoms with Gasteiger partial charge in [0, 0.05) is 28.6 Å². The number of carboxylic acid groups (broad SMARTS) is 1. The third-order valence-electron chi connectivity index (χ3n) is 4.86. The van der Waals surface area contributed by atoms with Crippen molar-refractivity contribution in [2.45, 2.75) is 45.1 Å². The Morgan fingerprint density at radius 3 is 2.74 bits per heavy atom. The highest BCUT2D eigenvalue weighted by atomic mass is 16.4. The molecule has 1 saturated carbocycles. The fourth-order valence-electron chi connectivity index (χ4n) is 3.75. The van der Waals surface area contributed by atoms with Crippen molar-refractivity contribution in [3.63, 3.8) is 0 Å². The number of aryl methyl sites for hydroxylation is 1. The van der Waals surface area contributed by atoms with Gasteiger partial charge in [0.15, 0.2) is 5.56 Å². The largest absolute Gasteiger partial charge is 0.506 e. The smallest absolute Gasteiger partial charge is 0.345 e. The van der Waals surface area contributed by atoms with Gasteiger partial charge in [-0.3, -0.25) is 4.79 Å². The minimum atomic E-state index is -1.40. The van der Waals surface area contributed by atoms with Gasteiger partial charge in [0.2, 0.25) is 0 Å². The number of nitrogens with zero attached hydrogens (tertiary/aromatic N) is 1. The summed E-state index contributed by atoms with van der Waals surface area (Å²) in [6.07, 6.45) is 4.58. The van der Waals surface area contributed by atoms with Gasteiger partial charge >= 0.3 is 5.97 Å². The van der Waals surface area contributed by atoms with Gasteiger partial charge in [0.25, 0.3) is 5.56 Å². The van der Waals surface area contributed by atoms with Crippen molar-refractivity contribution in [2.24, 2.45) is 0 Å². The van der Waals surface area contributed by atoms with Gasteiger partial charge in [-0.2, -0.15) is 0 Å². The summed E-state index contributed by atoms with van der Waals surface area (Å²) in [7, 11) is 0. The lowest BCUT2D eigenvalue weighted by Crippen LogP contribution is -2.19. The van der Waals surface area contributed by atoms with Crippen LogP contribution in [0.2, 0.25) is 0 Å². The van der Waals surface area contributed by atoms with E-state index in [0.717, 1.165) is 24.1 Å². The number of aromatic carboxylic acids is 1. The maximum Gasteiger partial charge on any atom is 0.345 e. The molecule has 23 heavy (non-hydrogen) atoms. The number of carbonyl (C=O) groups is 1. The predicted octanol–water partition coefficient (Wildman–Crippen LogP) is 2.38. The fourth-order valence-corrected chi connectivity index (χ4v) is 3.75. The standard InChI is InChI=1S/C17H18N2O4/c1-8-7-11-12(19(8)9-5-6-9)4-2-3-10-14(11)18-16(21)13(15(10)20)17(22)23/h7,9H,2-6H2,1H3,(H,22,23)(H2,18,20,21). The van der Waals surface area contributed by atoms with Crippen LogP contribution in [0.3, 0.4) is 0 Å². The Bertz CT molecular complexity index is 887. The van der Waals surface area contributed by atoms with Crippen LogP contribution in [0.4, 0.5) is 0 Å². The number of fused-ring (bicyclic) bond motifs is 3. The van der Waals surface area contributed by atoms with Gasteiger partial charge in [-0.05, 0) is 45.1 Å². The summed E-state index contributed by atoms with van der Waals surface area (Å²) in [6, 6.07) is 2.58. The SMILES string of the molecule is Cc1cc2c(n1C1CC1)CCCc1c-2[nH]c(=O)c(C(=O)O)c1O. The highest BCUT2D eigenvalue weighted by molar-refractivity contribution is 5.92. The van der Waals surface area contributed by atoms with Crippen molar-refractivity contribution in [2.75, 3.05) is 0 Å². The van der Waals surface area contributed by atoms with Crippen LogP contribution in [-0.2, 0) is 12.8 Å². The number of rotatable bonds is 2. The third-order valence-corrected chi connectivity index (χ3v) is 4.86. The first-order chi connectivity index (χ1) is 11.0. The zero-order valence-electron chi connectivity index (χ0n) is 12.8. The second-order valence-corrected chi connectivity index (χ2v) is 6.44. The summed E-state index contributed by atoms with van der Waals surface area (Å²) in [5.74, 6) is -1.79. The number of nitrogens with one attached hydrogen (secondary N) is 1. The van der Waals surface area contributed by atoms with E-state index in [4.69, 9.17) is 5.11 Å². The first-order valence-corrected chi connectivity index (χ1v) is 7.91. The molecule has 3 N–H and O–H groups in total. The zero-order chi connectivity index (χ0) is 16.3. The zero-order valence-corrected chi connectivity index (χ0v) is 12.8. The van der Waals surface area contributed by atoms with Gasteiger partial charge in [-0.1, -0.05) is 0 Å². The van der Waals surface area contributed by atoms with Crippen molar-refractivity contribution < 1.29 is 15.0 Å². The van der Waals surface area contributed by atoms with E-state index in [1.165, 1.54) is 18.5 Å². The Labute approximate surface area is 132 Å². The molecular weight excluding hydrogens is 296 g/mol. The quantitative estimate of drug-likeness (QED) is 0.793. The average molecular weight is 314 g/mol. The molecule has 6 nitrogen and oxygen atoms in total. The first kappa shape index (κ1) is 14.1. The first-order valence-electron chi connectivity index (χ1n) is 7.91. The normalized spacial score (nSPS) is 16.6. The van der Waals surface area contributed by atoms with Crippen LogP contribution in [0, 0.1) is 6.92 Å². The molecule has 1 fully saturated rings. The molecule has 0 aromatic carbocycles. The van der Waals surface area contributed by atoms with Crippen LogP contribution in [0.1, 0.15) is 52.6 Å². The topological polar surface area (TPSA) is 95.3 Å². The summed E-state index contributed by atoms with van der Waals surface area (Å²) in [5, 5.41) is 19.5.